The fourth-order valence-corrected chi connectivity index (χ4v) is 1.54. The fraction of sp³-hybridized carbons (Fsp3) is 0.286. The first kappa shape index (κ1) is 17.5. The molecule has 0 heterocycles. The Hall–Kier alpha value is -2.51. The highest BCUT2D eigenvalue weighted by molar-refractivity contribution is 6.21. The Labute approximate surface area is 124 Å². The van der Waals surface area contributed by atoms with Crippen LogP contribution in [0.25, 0.3) is 0 Å². The quantitative estimate of drug-likeness (QED) is 0.294. The number of esters is 1. The summed E-state index contributed by atoms with van der Waals surface area (Å²) >= 11 is 0. The number of hydrogen-bond donors (Lipinski definition) is 2. The third-order valence-electron chi connectivity index (χ3n) is 2.54. The summed E-state index contributed by atoms with van der Waals surface area (Å²) in [5.41, 5.74) is -1.44. The summed E-state index contributed by atoms with van der Waals surface area (Å²) in [6, 6.07) is 3.65. The lowest BCUT2D eigenvalue weighted by Crippen LogP contribution is -2.23. The van der Waals surface area contributed by atoms with E-state index in [-0.39, 0.29) is 12.3 Å². The van der Waals surface area contributed by atoms with Gasteiger partial charge in [-0.15, -0.1) is 0 Å². The molecule has 0 saturated heterocycles. The van der Waals surface area contributed by atoms with Crippen molar-refractivity contribution in [3.8, 4) is 0 Å². The molecule has 1 amide bonds. The second-order valence-electron chi connectivity index (χ2n) is 4.21. The Bertz CT molecular complexity index is 587. The molecule has 1 aromatic carbocycles. The molecule has 0 saturated carbocycles. The van der Waals surface area contributed by atoms with Crippen molar-refractivity contribution in [2.75, 3.05) is 11.9 Å². The fourth-order valence-electron chi connectivity index (χ4n) is 1.54. The number of ether oxygens (including phenoxy) is 1. The molecule has 0 atom stereocenters. The minimum Gasteiger partial charge on any atom is -0.511 e. The van der Waals surface area contributed by atoms with Crippen molar-refractivity contribution in [3.63, 3.8) is 0 Å². The van der Waals surface area contributed by atoms with Crippen LogP contribution >= 0.6 is 0 Å². The van der Waals surface area contributed by atoms with Crippen LogP contribution in [-0.2, 0) is 20.5 Å². The molecule has 0 fully saturated rings. The minimum absolute atomic E-state index is 0.00315. The van der Waals surface area contributed by atoms with Crippen molar-refractivity contribution in [3.05, 3.63) is 41.2 Å². The predicted molar refractivity (Wildman–Crippen MR) is 72.0 cm³/mol. The lowest BCUT2D eigenvalue weighted by atomic mass is 10.1. The molecule has 1 aromatic rings. The van der Waals surface area contributed by atoms with E-state index in [9.17, 15) is 27.9 Å². The van der Waals surface area contributed by atoms with Gasteiger partial charge in [-0.05, 0) is 38.1 Å². The number of alkyl halides is 3. The van der Waals surface area contributed by atoms with Crippen molar-refractivity contribution in [1.82, 2.24) is 0 Å². The molecule has 0 unspecified atom stereocenters. The van der Waals surface area contributed by atoms with E-state index in [0.717, 1.165) is 31.2 Å². The maximum atomic E-state index is 12.4. The molecule has 120 valence electrons. The van der Waals surface area contributed by atoms with Crippen molar-refractivity contribution < 1.29 is 32.6 Å². The van der Waals surface area contributed by atoms with Gasteiger partial charge in [0.15, 0.2) is 5.57 Å². The molecule has 1 rings (SSSR count). The standard InChI is InChI=1S/C14H14F3NO4/c1-3-22-13(21)11(8(2)19)12(20)18-10-6-4-9(5-7-10)14(15,16)17/h4-7,19H,3H2,1-2H3,(H,18,20)/b11-8+. The zero-order valence-corrected chi connectivity index (χ0v) is 11.8. The molecule has 0 aliphatic rings. The molecule has 22 heavy (non-hydrogen) atoms. The lowest BCUT2D eigenvalue weighted by molar-refractivity contribution is -0.140. The second-order valence-corrected chi connectivity index (χ2v) is 4.21. The number of benzene rings is 1. The van der Waals surface area contributed by atoms with Crippen LogP contribution in [0.1, 0.15) is 19.4 Å². The smallest absolute Gasteiger partial charge is 0.416 e. The molecule has 2 N–H and O–H groups in total. The molecule has 0 radical (unpaired) electrons. The number of halogens is 3. The van der Waals surface area contributed by atoms with Gasteiger partial charge in [-0.3, -0.25) is 4.79 Å². The van der Waals surface area contributed by atoms with Gasteiger partial charge in [0.25, 0.3) is 5.91 Å². The third-order valence-corrected chi connectivity index (χ3v) is 2.54. The van der Waals surface area contributed by atoms with Gasteiger partial charge in [-0.25, -0.2) is 4.79 Å². The van der Waals surface area contributed by atoms with Gasteiger partial charge in [-0.1, -0.05) is 0 Å². The van der Waals surface area contributed by atoms with E-state index in [1.807, 2.05) is 0 Å². The van der Waals surface area contributed by atoms with Crippen LogP contribution in [0.3, 0.4) is 0 Å². The third kappa shape index (κ3) is 4.51. The van der Waals surface area contributed by atoms with Gasteiger partial charge in [-0.2, -0.15) is 13.2 Å². The van der Waals surface area contributed by atoms with Crippen LogP contribution in [0.4, 0.5) is 18.9 Å². The van der Waals surface area contributed by atoms with Crippen LogP contribution in [0.15, 0.2) is 35.6 Å². The first-order chi connectivity index (χ1) is 10.2. The zero-order chi connectivity index (χ0) is 16.9. The number of carbonyl (C=O) groups is 2. The van der Waals surface area contributed by atoms with Crippen LogP contribution < -0.4 is 5.32 Å². The SMILES string of the molecule is CCOC(=O)/C(C(=O)Nc1ccc(C(F)(F)F)cc1)=C(\C)O. The van der Waals surface area contributed by atoms with E-state index >= 15 is 0 Å². The number of rotatable bonds is 4. The first-order valence-corrected chi connectivity index (χ1v) is 6.22. The van der Waals surface area contributed by atoms with Gasteiger partial charge in [0.2, 0.25) is 0 Å². The van der Waals surface area contributed by atoms with E-state index < -0.39 is 34.9 Å². The maximum absolute atomic E-state index is 12.4. The average Bonchev–Trinajstić information content (AvgIpc) is 2.38. The molecule has 5 nitrogen and oxygen atoms in total. The van der Waals surface area contributed by atoms with Crippen molar-refractivity contribution in [2.45, 2.75) is 20.0 Å². The number of hydrogen-bond acceptors (Lipinski definition) is 4. The summed E-state index contributed by atoms with van der Waals surface area (Å²) in [7, 11) is 0. The van der Waals surface area contributed by atoms with E-state index in [1.165, 1.54) is 6.92 Å². The summed E-state index contributed by atoms with van der Waals surface area (Å²) in [6.45, 7) is 2.65. The summed E-state index contributed by atoms with van der Waals surface area (Å²) in [6.07, 6.45) is -4.49. The van der Waals surface area contributed by atoms with Crippen LogP contribution in [0.5, 0.6) is 0 Å². The van der Waals surface area contributed by atoms with Crippen molar-refractivity contribution in [1.29, 1.82) is 0 Å². The van der Waals surface area contributed by atoms with Crippen molar-refractivity contribution >= 4 is 17.6 Å². The number of amides is 1. The van der Waals surface area contributed by atoms with Gasteiger partial charge < -0.3 is 15.2 Å². The largest absolute Gasteiger partial charge is 0.511 e. The van der Waals surface area contributed by atoms with E-state index in [0.29, 0.717) is 0 Å². The summed E-state index contributed by atoms with van der Waals surface area (Å²) in [5, 5.41) is 11.6. The van der Waals surface area contributed by atoms with Gasteiger partial charge in [0, 0.05) is 5.69 Å². The van der Waals surface area contributed by atoms with Gasteiger partial charge in [0.1, 0.15) is 5.76 Å². The van der Waals surface area contributed by atoms with Gasteiger partial charge >= 0.3 is 12.1 Å². The molecule has 0 aromatic heterocycles. The maximum Gasteiger partial charge on any atom is 0.416 e. The van der Waals surface area contributed by atoms with Crippen LogP contribution in [0.2, 0.25) is 0 Å². The lowest BCUT2D eigenvalue weighted by Gasteiger charge is -2.10. The normalized spacial score (nSPS) is 12.4. The van der Waals surface area contributed by atoms with Crippen LogP contribution in [0, 0.1) is 0 Å². The average molecular weight is 317 g/mol. The van der Waals surface area contributed by atoms with E-state index in [4.69, 9.17) is 0 Å². The highest BCUT2D eigenvalue weighted by Gasteiger charge is 2.30. The van der Waals surface area contributed by atoms with E-state index in [1.54, 1.807) is 0 Å². The Morgan fingerprint density at radius 2 is 1.77 bits per heavy atom. The Morgan fingerprint density at radius 3 is 2.18 bits per heavy atom. The molecular weight excluding hydrogens is 303 g/mol. The Kier molecular flexibility index (Phi) is 5.56. The Morgan fingerprint density at radius 1 is 1.23 bits per heavy atom. The zero-order valence-electron chi connectivity index (χ0n) is 11.8. The predicted octanol–water partition coefficient (Wildman–Crippen LogP) is 3.04. The highest BCUT2D eigenvalue weighted by atomic mass is 19.4. The molecule has 0 aliphatic carbocycles. The molecule has 0 spiro atoms. The summed E-state index contributed by atoms with van der Waals surface area (Å²) in [5.74, 6) is -2.55. The van der Waals surface area contributed by atoms with Crippen molar-refractivity contribution in [2.24, 2.45) is 0 Å². The molecule has 0 aliphatic heterocycles. The molecule has 8 heteroatoms. The number of aliphatic hydroxyl groups excluding tert-OH is 1. The highest BCUT2D eigenvalue weighted by Crippen LogP contribution is 2.29. The molecular formula is C14H14F3NO4. The summed E-state index contributed by atoms with van der Waals surface area (Å²) < 4.78 is 41.9. The topological polar surface area (TPSA) is 75.6 Å². The number of aliphatic hydroxyl groups is 1. The second kappa shape index (κ2) is 6.97. The Balaban J connectivity index is 2.92. The monoisotopic (exact) mass is 317 g/mol. The minimum atomic E-state index is -4.49. The van der Waals surface area contributed by atoms with E-state index in [2.05, 4.69) is 10.1 Å². The number of carbonyl (C=O) groups excluding carboxylic acids is 2. The number of allylic oxidation sites excluding steroid dienone is 1. The first-order valence-electron chi connectivity index (χ1n) is 6.22. The summed E-state index contributed by atoms with van der Waals surface area (Å²) in [4.78, 5) is 23.5. The number of nitrogens with one attached hydrogen (secondary N) is 1. The number of anilines is 1. The van der Waals surface area contributed by atoms with Crippen LogP contribution in [-0.4, -0.2) is 23.6 Å². The van der Waals surface area contributed by atoms with Gasteiger partial charge in [0.05, 0.1) is 12.2 Å². The molecule has 0 bridgehead atoms.